The Morgan fingerprint density at radius 2 is 1.88 bits per heavy atom. The Bertz CT molecular complexity index is 755. The van der Waals surface area contributed by atoms with Gasteiger partial charge in [-0.2, -0.15) is 5.10 Å². The number of amides is 1. The Morgan fingerprint density at radius 3 is 2.56 bits per heavy atom. The number of ether oxygens (including phenoxy) is 2. The standard InChI is InChI=1S/C19H21BrN2O3/c1-4-24-18-6-5-16(20)10-15(18)11-21-22-19(23)12-25-17-8-13(2)7-14(3)9-17/h5-11H,4,12H2,1-3H3,(H,22,23)/b21-11+. The average Bonchev–Trinajstić information content (AvgIpc) is 2.54. The maximum atomic E-state index is 11.9. The van der Waals surface area contributed by atoms with Gasteiger partial charge < -0.3 is 9.47 Å². The molecule has 2 rings (SSSR count). The minimum absolute atomic E-state index is 0.100. The quantitative estimate of drug-likeness (QED) is 0.560. The van der Waals surface area contributed by atoms with E-state index in [1.54, 1.807) is 6.21 Å². The van der Waals surface area contributed by atoms with Crippen molar-refractivity contribution in [1.29, 1.82) is 0 Å². The summed E-state index contributed by atoms with van der Waals surface area (Å²) in [5.74, 6) is 1.04. The van der Waals surface area contributed by atoms with Gasteiger partial charge >= 0.3 is 0 Å². The van der Waals surface area contributed by atoms with Gasteiger partial charge in [-0.3, -0.25) is 4.79 Å². The molecule has 0 saturated heterocycles. The molecule has 0 spiro atoms. The maximum absolute atomic E-state index is 11.9. The van der Waals surface area contributed by atoms with Crippen LogP contribution in [0.2, 0.25) is 0 Å². The number of rotatable bonds is 7. The van der Waals surface area contributed by atoms with Crippen LogP contribution in [0.1, 0.15) is 23.6 Å². The van der Waals surface area contributed by atoms with Crippen LogP contribution in [0.3, 0.4) is 0 Å². The summed E-state index contributed by atoms with van der Waals surface area (Å²) in [6, 6.07) is 11.4. The second-order valence-electron chi connectivity index (χ2n) is 5.52. The number of hydrazone groups is 1. The lowest BCUT2D eigenvalue weighted by molar-refractivity contribution is -0.123. The number of nitrogens with one attached hydrogen (secondary N) is 1. The van der Waals surface area contributed by atoms with Crippen molar-refractivity contribution in [2.75, 3.05) is 13.2 Å². The van der Waals surface area contributed by atoms with Crippen LogP contribution in [-0.2, 0) is 4.79 Å². The van der Waals surface area contributed by atoms with E-state index in [1.807, 2.05) is 57.2 Å². The van der Waals surface area contributed by atoms with Gasteiger partial charge in [-0.05, 0) is 62.2 Å². The van der Waals surface area contributed by atoms with E-state index in [-0.39, 0.29) is 12.5 Å². The highest BCUT2D eigenvalue weighted by Crippen LogP contribution is 2.21. The van der Waals surface area contributed by atoms with Crippen molar-refractivity contribution < 1.29 is 14.3 Å². The molecule has 2 aromatic carbocycles. The minimum Gasteiger partial charge on any atom is -0.493 e. The molecule has 5 nitrogen and oxygen atoms in total. The summed E-state index contributed by atoms with van der Waals surface area (Å²) in [7, 11) is 0. The molecule has 0 atom stereocenters. The topological polar surface area (TPSA) is 59.9 Å². The van der Waals surface area contributed by atoms with Gasteiger partial charge in [-0.25, -0.2) is 5.43 Å². The van der Waals surface area contributed by atoms with Crippen LogP contribution >= 0.6 is 15.9 Å². The first kappa shape index (κ1) is 19.0. The van der Waals surface area contributed by atoms with Crippen molar-refractivity contribution in [2.24, 2.45) is 5.10 Å². The Labute approximate surface area is 156 Å². The van der Waals surface area contributed by atoms with Gasteiger partial charge in [0.25, 0.3) is 5.91 Å². The Kier molecular flexibility index (Phi) is 7.01. The van der Waals surface area contributed by atoms with Gasteiger partial charge in [0, 0.05) is 10.0 Å². The second-order valence-corrected chi connectivity index (χ2v) is 6.44. The van der Waals surface area contributed by atoms with Gasteiger partial charge in [0.1, 0.15) is 11.5 Å². The van der Waals surface area contributed by atoms with Crippen molar-refractivity contribution in [2.45, 2.75) is 20.8 Å². The van der Waals surface area contributed by atoms with E-state index in [2.05, 4.69) is 26.5 Å². The van der Waals surface area contributed by atoms with Gasteiger partial charge in [0.15, 0.2) is 6.61 Å². The third kappa shape index (κ3) is 6.23. The van der Waals surface area contributed by atoms with Crippen LogP contribution in [0.5, 0.6) is 11.5 Å². The summed E-state index contributed by atoms with van der Waals surface area (Å²) in [5, 5.41) is 3.97. The fourth-order valence-corrected chi connectivity index (χ4v) is 2.66. The highest BCUT2D eigenvalue weighted by atomic mass is 79.9. The van der Waals surface area contributed by atoms with E-state index in [0.29, 0.717) is 18.1 Å². The molecule has 0 fully saturated rings. The lowest BCUT2D eigenvalue weighted by Gasteiger charge is -2.08. The normalized spacial score (nSPS) is 10.7. The molecule has 0 aliphatic heterocycles. The maximum Gasteiger partial charge on any atom is 0.277 e. The molecule has 0 saturated carbocycles. The predicted molar refractivity (Wildman–Crippen MR) is 102 cm³/mol. The highest BCUT2D eigenvalue weighted by molar-refractivity contribution is 9.10. The average molecular weight is 405 g/mol. The van der Waals surface area contributed by atoms with Crippen molar-refractivity contribution in [1.82, 2.24) is 5.43 Å². The Balaban J connectivity index is 1.91. The SMILES string of the molecule is CCOc1ccc(Br)cc1/C=N/NC(=O)COc1cc(C)cc(C)c1. The van der Waals surface area contributed by atoms with E-state index in [4.69, 9.17) is 9.47 Å². The predicted octanol–water partition coefficient (Wildman–Crippen LogP) is 3.99. The van der Waals surface area contributed by atoms with Crippen LogP contribution in [-0.4, -0.2) is 25.3 Å². The van der Waals surface area contributed by atoms with Crippen molar-refractivity contribution in [3.05, 3.63) is 57.6 Å². The van der Waals surface area contributed by atoms with Crippen molar-refractivity contribution >= 4 is 28.1 Å². The van der Waals surface area contributed by atoms with Crippen LogP contribution in [0.15, 0.2) is 46.0 Å². The van der Waals surface area contributed by atoms with Crippen molar-refractivity contribution in [3.8, 4) is 11.5 Å². The van der Waals surface area contributed by atoms with E-state index < -0.39 is 0 Å². The lowest BCUT2D eigenvalue weighted by atomic mass is 10.1. The van der Waals surface area contributed by atoms with Crippen LogP contribution in [0.25, 0.3) is 0 Å². The lowest BCUT2D eigenvalue weighted by Crippen LogP contribution is -2.24. The number of hydrogen-bond acceptors (Lipinski definition) is 4. The largest absolute Gasteiger partial charge is 0.493 e. The molecular formula is C19H21BrN2O3. The smallest absolute Gasteiger partial charge is 0.277 e. The van der Waals surface area contributed by atoms with Gasteiger partial charge in [0.05, 0.1) is 12.8 Å². The Hall–Kier alpha value is -2.34. The van der Waals surface area contributed by atoms with E-state index in [1.165, 1.54) is 0 Å². The molecule has 0 aliphatic rings. The minimum atomic E-state index is -0.330. The highest BCUT2D eigenvalue weighted by Gasteiger charge is 2.04. The fraction of sp³-hybridized carbons (Fsp3) is 0.263. The molecule has 0 bridgehead atoms. The molecular weight excluding hydrogens is 384 g/mol. The van der Waals surface area contributed by atoms with Gasteiger partial charge in [-0.1, -0.05) is 22.0 Å². The zero-order valence-electron chi connectivity index (χ0n) is 14.5. The zero-order chi connectivity index (χ0) is 18.2. The number of benzene rings is 2. The Morgan fingerprint density at radius 1 is 1.16 bits per heavy atom. The molecule has 6 heteroatoms. The summed E-state index contributed by atoms with van der Waals surface area (Å²) in [4.78, 5) is 11.9. The number of aryl methyl sites for hydroxylation is 2. The van der Waals surface area contributed by atoms with E-state index in [0.717, 1.165) is 21.2 Å². The zero-order valence-corrected chi connectivity index (χ0v) is 16.1. The molecule has 1 N–H and O–H groups in total. The first-order chi connectivity index (χ1) is 12.0. The molecule has 0 unspecified atom stereocenters. The molecule has 0 aliphatic carbocycles. The third-order valence-corrected chi connectivity index (χ3v) is 3.72. The first-order valence-electron chi connectivity index (χ1n) is 7.93. The summed E-state index contributed by atoms with van der Waals surface area (Å²) >= 11 is 3.41. The van der Waals surface area contributed by atoms with Crippen LogP contribution < -0.4 is 14.9 Å². The van der Waals surface area contributed by atoms with Crippen molar-refractivity contribution in [3.63, 3.8) is 0 Å². The number of nitrogens with zero attached hydrogens (tertiary/aromatic N) is 1. The molecule has 2 aromatic rings. The number of carbonyl (C=O) groups is 1. The number of halogens is 1. The summed E-state index contributed by atoms with van der Waals surface area (Å²) in [5.41, 5.74) is 5.40. The van der Waals surface area contributed by atoms with Crippen LogP contribution in [0.4, 0.5) is 0 Å². The molecule has 0 heterocycles. The number of hydrogen-bond donors (Lipinski definition) is 1. The third-order valence-electron chi connectivity index (χ3n) is 3.23. The fourth-order valence-electron chi connectivity index (χ4n) is 2.28. The summed E-state index contributed by atoms with van der Waals surface area (Å²) < 4.78 is 11.9. The number of carbonyl (C=O) groups excluding carboxylic acids is 1. The van der Waals surface area contributed by atoms with Crippen LogP contribution in [0, 0.1) is 13.8 Å². The molecule has 1 amide bonds. The molecule has 0 aromatic heterocycles. The van der Waals surface area contributed by atoms with Gasteiger partial charge in [0.2, 0.25) is 0 Å². The van der Waals surface area contributed by atoms with Gasteiger partial charge in [-0.15, -0.1) is 0 Å². The summed E-state index contributed by atoms with van der Waals surface area (Å²) in [6.45, 7) is 6.33. The van der Waals surface area contributed by atoms with E-state index in [9.17, 15) is 4.79 Å². The first-order valence-corrected chi connectivity index (χ1v) is 8.72. The molecule has 25 heavy (non-hydrogen) atoms. The second kappa shape index (κ2) is 9.22. The molecule has 0 radical (unpaired) electrons. The summed E-state index contributed by atoms with van der Waals surface area (Å²) in [6.07, 6.45) is 1.55. The van der Waals surface area contributed by atoms with E-state index >= 15 is 0 Å². The monoisotopic (exact) mass is 404 g/mol. The molecule has 132 valence electrons.